The second kappa shape index (κ2) is 6.04. The molecule has 0 fully saturated rings. The van der Waals surface area contributed by atoms with E-state index in [-0.39, 0.29) is 5.91 Å². The van der Waals surface area contributed by atoms with Gasteiger partial charge in [0.15, 0.2) is 11.5 Å². The van der Waals surface area contributed by atoms with Crippen molar-refractivity contribution in [3.63, 3.8) is 0 Å². The van der Waals surface area contributed by atoms with E-state index in [1.165, 1.54) is 12.4 Å². The number of ether oxygens (including phenoxy) is 2. The molecule has 3 rings (SSSR count). The first kappa shape index (κ1) is 13.1. The van der Waals surface area contributed by atoms with E-state index in [9.17, 15) is 4.79 Å². The molecule has 106 valence electrons. The van der Waals surface area contributed by atoms with Gasteiger partial charge < -0.3 is 9.47 Å². The van der Waals surface area contributed by atoms with E-state index < -0.39 is 0 Å². The number of pyridine rings is 1. The molecule has 6 heteroatoms. The van der Waals surface area contributed by atoms with Gasteiger partial charge in [-0.25, -0.2) is 5.43 Å². The fraction of sp³-hybridized carbons (Fsp3) is 0.133. The molecule has 0 saturated heterocycles. The summed E-state index contributed by atoms with van der Waals surface area (Å²) in [4.78, 5) is 15.7. The van der Waals surface area contributed by atoms with E-state index in [1.807, 2.05) is 18.2 Å². The summed E-state index contributed by atoms with van der Waals surface area (Å²) in [7, 11) is 0. The molecule has 1 aromatic heterocycles. The first-order chi connectivity index (χ1) is 10.3. The van der Waals surface area contributed by atoms with Crippen molar-refractivity contribution in [1.29, 1.82) is 0 Å². The maximum Gasteiger partial charge on any atom is 0.272 e. The molecule has 0 unspecified atom stereocenters. The second-order valence-electron chi connectivity index (χ2n) is 4.31. The molecule has 1 aliphatic rings. The van der Waals surface area contributed by atoms with Gasteiger partial charge in [-0.05, 0) is 24.3 Å². The highest BCUT2D eigenvalue weighted by Crippen LogP contribution is 2.32. The number of amides is 1. The van der Waals surface area contributed by atoms with Gasteiger partial charge in [-0.3, -0.25) is 9.78 Å². The first-order valence-corrected chi connectivity index (χ1v) is 6.46. The van der Waals surface area contributed by atoms with Gasteiger partial charge in [0, 0.05) is 18.0 Å². The van der Waals surface area contributed by atoms with Crippen LogP contribution in [0.1, 0.15) is 15.9 Å². The van der Waals surface area contributed by atoms with Crippen molar-refractivity contribution in [3.8, 4) is 11.5 Å². The minimum absolute atomic E-state index is 0.318. The van der Waals surface area contributed by atoms with E-state index in [2.05, 4.69) is 15.5 Å². The van der Waals surface area contributed by atoms with E-state index >= 15 is 0 Å². The van der Waals surface area contributed by atoms with Crippen LogP contribution in [0.3, 0.4) is 0 Å². The number of nitrogens with one attached hydrogen (secondary N) is 1. The molecule has 1 amide bonds. The third-order valence-corrected chi connectivity index (χ3v) is 2.89. The molecule has 0 atom stereocenters. The zero-order valence-corrected chi connectivity index (χ0v) is 11.2. The molecule has 0 saturated carbocycles. The first-order valence-electron chi connectivity index (χ1n) is 6.46. The molecule has 0 spiro atoms. The summed E-state index contributed by atoms with van der Waals surface area (Å²) in [5.41, 5.74) is 3.65. The number of hydrogen-bond donors (Lipinski definition) is 1. The number of carbonyl (C=O) groups excluding carboxylic acids is 1. The van der Waals surface area contributed by atoms with Gasteiger partial charge in [-0.1, -0.05) is 6.07 Å². The quantitative estimate of drug-likeness (QED) is 0.686. The molecule has 6 nitrogen and oxygen atoms in total. The summed E-state index contributed by atoms with van der Waals surface area (Å²) in [6.07, 6.45) is 4.61. The minimum Gasteiger partial charge on any atom is -0.486 e. The van der Waals surface area contributed by atoms with Crippen LogP contribution in [0.5, 0.6) is 11.5 Å². The Morgan fingerprint density at radius 2 is 2.14 bits per heavy atom. The van der Waals surface area contributed by atoms with Crippen LogP contribution in [0, 0.1) is 0 Å². The summed E-state index contributed by atoms with van der Waals surface area (Å²) in [5, 5.41) is 3.94. The SMILES string of the molecule is O=C(N/N=C\c1cccc2c1OCCO2)c1cccnc1. The van der Waals surface area contributed by atoms with Crippen LogP contribution in [0.15, 0.2) is 47.8 Å². The average molecular weight is 283 g/mol. The smallest absolute Gasteiger partial charge is 0.272 e. The maximum atomic E-state index is 11.8. The standard InChI is InChI=1S/C15H13N3O3/c19-15(12-4-2-6-16-9-12)18-17-10-11-3-1-5-13-14(11)21-8-7-20-13/h1-6,9-10H,7-8H2,(H,18,19)/b17-10-. The zero-order valence-electron chi connectivity index (χ0n) is 11.2. The van der Waals surface area contributed by atoms with Gasteiger partial charge >= 0.3 is 0 Å². The van der Waals surface area contributed by atoms with Crippen LogP contribution < -0.4 is 14.9 Å². The predicted molar refractivity (Wildman–Crippen MR) is 76.7 cm³/mol. The Kier molecular flexibility index (Phi) is 3.77. The number of para-hydroxylation sites is 1. The van der Waals surface area contributed by atoms with Crippen LogP contribution in [0.4, 0.5) is 0 Å². The highest BCUT2D eigenvalue weighted by molar-refractivity contribution is 5.94. The summed E-state index contributed by atoms with van der Waals surface area (Å²) in [6.45, 7) is 1.03. The van der Waals surface area contributed by atoms with Crippen LogP contribution in [-0.2, 0) is 0 Å². The van der Waals surface area contributed by atoms with Crippen LogP contribution in [0.2, 0.25) is 0 Å². The molecule has 21 heavy (non-hydrogen) atoms. The van der Waals surface area contributed by atoms with Crippen molar-refractivity contribution in [2.45, 2.75) is 0 Å². The molecule has 0 aliphatic carbocycles. The fourth-order valence-electron chi connectivity index (χ4n) is 1.92. The van der Waals surface area contributed by atoms with Crippen molar-refractivity contribution >= 4 is 12.1 Å². The Labute approximate surface area is 121 Å². The molecule has 1 aromatic carbocycles. The number of fused-ring (bicyclic) bond motifs is 1. The minimum atomic E-state index is -0.318. The zero-order chi connectivity index (χ0) is 14.5. The number of nitrogens with zero attached hydrogens (tertiary/aromatic N) is 2. The lowest BCUT2D eigenvalue weighted by molar-refractivity contribution is 0.0954. The van der Waals surface area contributed by atoms with Crippen molar-refractivity contribution in [3.05, 3.63) is 53.9 Å². The number of hydrogen-bond acceptors (Lipinski definition) is 5. The third-order valence-electron chi connectivity index (χ3n) is 2.89. The Morgan fingerprint density at radius 1 is 1.24 bits per heavy atom. The van der Waals surface area contributed by atoms with Crippen molar-refractivity contribution in [2.24, 2.45) is 5.10 Å². The number of rotatable bonds is 3. The van der Waals surface area contributed by atoms with Gasteiger partial charge in [0.2, 0.25) is 0 Å². The summed E-state index contributed by atoms with van der Waals surface area (Å²) in [6, 6.07) is 8.88. The fourth-order valence-corrected chi connectivity index (χ4v) is 1.92. The lowest BCUT2D eigenvalue weighted by atomic mass is 10.2. The molecule has 1 aliphatic heterocycles. The summed E-state index contributed by atoms with van der Waals surface area (Å²) >= 11 is 0. The highest BCUT2D eigenvalue weighted by atomic mass is 16.6. The van der Waals surface area contributed by atoms with Gasteiger partial charge in [0.1, 0.15) is 13.2 Å². The largest absolute Gasteiger partial charge is 0.486 e. The number of benzene rings is 1. The molecule has 2 heterocycles. The van der Waals surface area contributed by atoms with Crippen LogP contribution in [-0.4, -0.2) is 30.3 Å². The van der Waals surface area contributed by atoms with Crippen molar-refractivity contribution < 1.29 is 14.3 Å². The second-order valence-corrected chi connectivity index (χ2v) is 4.31. The third kappa shape index (κ3) is 3.00. The van der Waals surface area contributed by atoms with E-state index in [0.717, 1.165) is 5.56 Å². The van der Waals surface area contributed by atoms with E-state index in [0.29, 0.717) is 30.3 Å². The number of hydrazone groups is 1. The Morgan fingerprint density at radius 3 is 3.00 bits per heavy atom. The molecule has 0 bridgehead atoms. The number of aromatic nitrogens is 1. The Balaban J connectivity index is 1.71. The number of carbonyl (C=O) groups is 1. The monoisotopic (exact) mass is 283 g/mol. The van der Waals surface area contributed by atoms with Crippen molar-refractivity contribution in [2.75, 3.05) is 13.2 Å². The Bertz CT molecular complexity index is 671. The lowest BCUT2D eigenvalue weighted by Gasteiger charge is -2.19. The lowest BCUT2D eigenvalue weighted by Crippen LogP contribution is -2.18. The molecule has 1 N–H and O–H groups in total. The van der Waals surface area contributed by atoms with Gasteiger partial charge in [0.25, 0.3) is 5.91 Å². The van der Waals surface area contributed by atoms with Gasteiger partial charge in [0.05, 0.1) is 11.8 Å². The van der Waals surface area contributed by atoms with E-state index in [1.54, 1.807) is 18.3 Å². The maximum absolute atomic E-state index is 11.8. The highest BCUT2D eigenvalue weighted by Gasteiger charge is 2.14. The van der Waals surface area contributed by atoms with E-state index in [4.69, 9.17) is 9.47 Å². The summed E-state index contributed by atoms with van der Waals surface area (Å²) < 4.78 is 11.0. The molecular formula is C15H13N3O3. The van der Waals surface area contributed by atoms with Crippen LogP contribution in [0.25, 0.3) is 0 Å². The average Bonchev–Trinajstić information content (AvgIpc) is 2.56. The summed E-state index contributed by atoms with van der Waals surface area (Å²) in [5.74, 6) is 1.01. The molecule has 2 aromatic rings. The van der Waals surface area contributed by atoms with Gasteiger partial charge in [-0.15, -0.1) is 0 Å². The molecule has 0 radical (unpaired) electrons. The van der Waals surface area contributed by atoms with Crippen LogP contribution >= 0.6 is 0 Å². The topological polar surface area (TPSA) is 72.8 Å². The van der Waals surface area contributed by atoms with Crippen molar-refractivity contribution in [1.82, 2.24) is 10.4 Å². The normalized spacial score (nSPS) is 13.1. The molecular weight excluding hydrogens is 270 g/mol. The van der Waals surface area contributed by atoms with Gasteiger partial charge in [-0.2, -0.15) is 5.10 Å². The Hall–Kier alpha value is -2.89. The predicted octanol–water partition coefficient (Wildman–Crippen LogP) is 1.62.